The van der Waals surface area contributed by atoms with Gasteiger partial charge in [-0.1, -0.05) is 12.1 Å². The third-order valence-electron chi connectivity index (χ3n) is 2.70. The Bertz CT molecular complexity index is 476. The highest BCUT2D eigenvalue weighted by Crippen LogP contribution is 2.24. The molecular weight excluding hydrogens is 285 g/mol. The summed E-state index contributed by atoms with van der Waals surface area (Å²) < 4.78 is 40.4. The topological polar surface area (TPSA) is 64.4 Å². The first kappa shape index (κ1) is 17.3. The first-order chi connectivity index (χ1) is 9.71. The molecule has 0 radical (unpaired) electrons. The van der Waals surface area contributed by atoms with Gasteiger partial charge in [0.1, 0.15) is 5.75 Å². The van der Waals surface area contributed by atoms with E-state index in [4.69, 9.17) is 5.73 Å². The van der Waals surface area contributed by atoms with Gasteiger partial charge in [0, 0.05) is 12.6 Å². The second kappa shape index (κ2) is 7.31. The Morgan fingerprint density at radius 3 is 2.57 bits per heavy atom. The molecule has 1 aromatic carbocycles. The van der Waals surface area contributed by atoms with Crippen LogP contribution in [0.15, 0.2) is 24.3 Å². The molecule has 0 spiro atoms. The van der Waals surface area contributed by atoms with Crippen LogP contribution in [0.1, 0.15) is 19.4 Å². The maximum Gasteiger partial charge on any atom is 0.573 e. The van der Waals surface area contributed by atoms with E-state index in [0.29, 0.717) is 5.56 Å². The highest BCUT2D eigenvalue weighted by molar-refractivity contribution is 5.79. The zero-order valence-electron chi connectivity index (χ0n) is 11.9. The van der Waals surface area contributed by atoms with Gasteiger partial charge >= 0.3 is 6.36 Å². The molecule has 1 amide bonds. The van der Waals surface area contributed by atoms with Gasteiger partial charge in [0.25, 0.3) is 0 Å². The van der Waals surface area contributed by atoms with Crippen molar-refractivity contribution in [3.05, 3.63) is 29.8 Å². The monoisotopic (exact) mass is 304 g/mol. The predicted molar refractivity (Wildman–Crippen MR) is 72.7 cm³/mol. The summed E-state index contributed by atoms with van der Waals surface area (Å²) in [5.41, 5.74) is 6.13. The number of nitrogens with two attached hydrogens (primary N) is 1. The van der Waals surface area contributed by atoms with Crippen molar-refractivity contribution in [2.75, 3.05) is 6.54 Å². The molecule has 21 heavy (non-hydrogen) atoms. The van der Waals surface area contributed by atoms with E-state index in [1.165, 1.54) is 18.2 Å². The van der Waals surface area contributed by atoms with Crippen LogP contribution in [0.5, 0.6) is 5.75 Å². The van der Waals surface area contributed by atoms with Gasteiger partial charge in [-0.05, 0) is 38.0 Å². The summed E-state index contributed by atoms with van der Waals surface area (Å²) in [5, 5.41) is 2.74. The molecule has 4 nitrogen and oxygen atoms in total. The summed E-state index contributed by atoms with van der Waals surface area (Å²) in [6.07, 6.45) is -4.48. The van der Waals surface area contributed by atoms with Crippen LogP contribution in [-0.4, -0.2) is 24.9 Å². The number of hydrogen-bond acceptors (Lipinski definition) is 3. The Morgan fingerprint density at radius 2 is 2.05 bits per heavy atom. The van der Waals surface area contributed by atoms with Crippen molar-refractivity contribution in [3.8, 4) is 5.75 Å². The van der Waals surface area contributed by atoms with Gasteiger partial charge in [-0.15, -0.1) is 13.2 Å². The molecular formula is C14H19F3N2O2. The van der Waals surface area contributed by atoms with E-state index >= 15 is 0 Å². The minimum atomic E-state index is -4.74. The van der Waals surface area contributed by atoms with Crippen molar-refractivity contribution in [2.24, 2.45) is 11.7 Å². The molecule has 3 N–H and O–H groups in total. The van der Waals surface area contributed by atoms with Gasteiger partial charge in [0.15, 0.2) is 0 Å². The molecule has 118 valence electrons. The largest absolute Gasteiger partial charge is 0.573 e. The van der Waals surface area contributed by atoms with Gasteiger partial charge in [0.05, 0.1) is 5.92 Å². The lowest BCUT2D eigenvalue weighted by Crippen LogP contribution is -2.39. The number of nitrogens with one attached hydrogen (secondary N) is 1. The van der Waals surface area contributed by atoms with Crippen LogP contribution in [0.25, 0.3) is 0 Å². The molecule has 0 aliphatic rings. The maximum absolute atomic E-state index is 12.2. The third kappa shape index (κ3) is 6.48. The fourth-order valence-electron chi connectivity index (χ4n) is 1.84. The Kier molecular flexibility index (Phi) is 6.02. The van der Waals surface area contributed by atoms with Crippen LogP contribution in [0.2, 0.25) is 0 Å². The molecule has 1 aromatic rings. The molecule has 0 bridgehead atoms. The van der Waals surface area contributed by atoms with Crippen LogP contribution in [0.4, 0.5) is 13.2 Å². The number of carbonyl (C=O) groups is 1. The number of carbonyl (C=O) groups excluding carboxylic acids is 1. The molecule has 0 fully saturated rings. The molecule has 1 rings (SSSR count). The fraction of sp³-hybridized carbons (Fsp3) is 0.500. The van der Waals surface area contributed by atoms with Crippen LogP contribution in [-0.2, 0) is 11.2 Å². The van der Waals surface area contributed by atoms with Crippen LogP contribution < -0.4 is 15.8 Å². The van der Waals surface area contributed by atoms with Crippen molar-refractivity contribution in [3.63, 3.8) is 0 Å². The van der Waals surface area contributed by atoms with Gasteiger partial charge in [0.2, 0.25) is 5.91 Å². The number of benzene rings is 1. The number of hydrogen-bond donors (Lipinski definition) is 2. The molecule has 0 aromatic heterocycles. The fourth-order valence-corrected chi connectivity index (χ4v) is 1.84. The van der Waals surface area contributed by atoms with E-state index in [-0.39, 0.29) is 30.7 Å². The number of rotatable bonds is 6. The lowest BCUT2D eigenvalue weighted by Gasteiger charge is -2.17. The molecule has 0 aliphatic carbocycles. The third-order valence-corrected chi connectivity index (χ3v) is 2.70. The first-order valence-corrected chi connectivity index (χ1v) is 6.56. The van der Waals surface area contributed by atoms with E-state index in [0.717, 1.165) is 0 Å². The lowest BCUT2D eigenvalue weighted by molar-refractivity contribution is -0.274. The number of halogens is 3. The summed E-state index contributed by atoms with van der Waals surface area (Å²) >= 11 is 0. The van der Waals surface area contributed by atoms with Crippen molar-refractivity contribution >= 4 is 5.91 Å². The Hall–Kier alpha value is -1.76. The Balaban J connectivity index is 2.76. The van der Waals surface area contributed by atoms with E-state index in [1.54, 1.807) is 6.07 Å². The van der Waals surface area contributed by atoms with E-state index < -0.39 is 12.3 Å². The summed E-state index contributed by atoms with van der Waals surface area (Å²) in [5.74, 6) is -1.01. The highest BCUT2D eigenvalue weighted by Gasteiger charge is 2.31. The molecule has 1 unspecified atom stereocenters. The molecule has 0 saturated carbocycles. The first-order valence-electron chi connectivity index (χ1n) is 6.56. The predicted octanol–water partition coefficient (Wildman–Crippen LogP) is 2.23. The smallest absolute Gasteiger partial charge is 0.406 e. The molecule has 1 atom stereocenters. The molecule has 0 aliphatic heterocycles. The maximum atomic E-state index is 12.2. The summed E-state index contributed by atoms with van der Waals surface area (Å²) in [6, 6.07) is 5.53. The Labute approximate surface area is 121 Å². The standard InChI is InChI=1S/C14H19F3N2O2/c1-9(2)19-13(20)11(8-18)6-10-4-3-5-12(7-10)21-14(15,16)17/h3-5,7,9,11H,6,8,18H2,1-2H3,(H,19,20). The average Bonchev–Trinajstić information content (AvgIpc) is 2.33. The quantitative estimate of drug-likeness (QED) is 0.847. The second-order valence-electron chi connectivity index (χ2n) is 5.00. The second-order valence-corrected chi connectivity index (χ2v) is 5.00. The van der Waals surface area contributed by atoms with Crippen LogP contribution >= 0.6 is 0 Å². The average molecular weight is 304 g/mol. The SMILES string of the molecule is CC(C)NC(=O)C(CN)Cc1cccc(OC(F)(F)F)c1. The minimum Gasteiger partial charge on any atom is -0.406 e. The van der Waals surface area contributed by atoms with Crippen molar-refractivity contribution in [1.29, 1.82) is 0 Å². The highest BCUT2D eigenvalue weighted by atomic mass is 19.4. The summed E-state index contributed by atoms with van der Waals surface area (Å²) in [7, 11) is 0. The minimum absolute atomic E-state index is 0.0218. The van der Waals surface area contributed by atoms with Crippen molar-refractivity contribution in [1.82, 2.24) is 5.32 Å². The van der Waals surface area contributed by atoms with Crippen LogP contribution in [0.3, 0.4) is 0 Å². The van der Waals surface area contributed by atoms with Crippen LogP contribution in [0, 0.1) is 5.92 Å². The van der Waals surface area contributed by atoms with E-state index in [2.05, 4.69) is 10.1 Å². The number of amides is 1. The van der Waals surface area contributed by atoms with Gasteiger partial charge in [-0.3, -0.25) is 4.79 Å². The van der Waals surface area contributed by atoms with Crippen molar-refractivity contribution < 1.29 is 22.7 Å². The van der Waals surface area contributed by atoms with Gasteiger partial charge < -0.3 is 15.8 Å². The van der Waals surface area contributed by atoms with Gasteiger partial charge in [-0.25, -0.2) is 0 Å². The van der Waals surface area contributed by atoms with Crippen molar-refractivity contribution in [2.45, 2.75) is 32.7 Å². The summed E-state index contributed by atoms with van der Waals surface area (Å²) in [6.45, 7) is 3.76. The normalized spacial score (nSPS) is 13.1. The number of ether oxygens (including phenoxy) is 1. The lowest BCUT2D eigenvalue weighted by atomic mass is 9.98. The van der Waals surface area contributed by atoms with Gasteiger partial charge in [-0.2, -0.15) is 0 Å². The Morgan fingerprint density at radius 1 is 1.38 bits per heavy atom. The molecule has 0 heterocycles. The van der Waals surface area contributed by atoms with E-state index in [1.807, 2.05) is 13.8 Å². The van der Waals surface area contributed by atoms with E-state index in [9.17, 15) is 18.0 Å². The zero-order valence-corrected chi connectivity index (χ0v) is 11.9. The molecule has 0 saturated heterocycles. The zero-order chi connectivity index (χ0) is 16.0. The molecule has 7 heteroatoms. The number of alkyl halides is 3. The summed E-state index contributed by atoms with van der Waals surface area (Å²) in [4.78, 5) is 11.9.